The van der Waals surface area contributed by atoms with Gasteiger partial charge in [0.15, 0.2) is 5.78 Å². The summed E-state index contributed by atoms with van der Waals surface area (Å²) in [4.78, 5) is 39.7. The molecule has 0 bridgehead atoms. The first-order chi connectivity index (χ1) is 14.9. The Balaban J connectivity index is 2.05. The maximum absolute atomic E-state index is 13.1. The first-order valence-electron chi connectivity index (χ1n) is 10.2. The number of carbonyl (C=O) groups excluding carboxylic acids is 3. The molecule has 0 saturated carbocycles. The summed E-state index contributed by atoms with van der Waals surface area (Å²) in [6.07, 6.45) is -0.535. The van der Waals surface area contributed by atoms with E-state index in [2.05, 4.69) is 10.3 Å². The van der Waals surface area contributed by atoms with Gasteiger partial charge in [0.25, 0.3) is 0 Å². The Morgan fingerprint density at radius 2 is 1.84 bits per heavy atom. The van der Waals surface area contributed by atoms with Crippen molar-refractivity contribution in [3.8, 4) is 5.75 Å². The molecule has 0 atom stereocenters. The van der Waals surface area contributed by atoms with E-state index in [1.54, 1.807) is 53.7 Å². The lowest BCUT2D eigenvalue weighted by atomic mass is 9.99. The largest absolute Gasteiger partial charge is 0.490 e. The number of rotatable bonds is 8. The minimum Gasteiger partial charge on any atom is -0.490 e. The van der Waals surface area contributed by atoms with Gasteiger partial charge in [-0.3, -0.25) is 4.79 Å². The number of ketones is 1. The summed E-state index contributed by atoms with van der Waals surface area (Å²) >= 11 is 6.29. The topological polar surface area (TPSA) is 107 Å². The molecule has 32 heavy (non-hydrogen) atoms. The Morgan fingerprint density at radius 1 is 1.16 bits per heavy atom. The van der Waals surface area contributed by atoms with Crippen molar-refractivity contribution in [3.05, 3.63) is 51.3 Å². The molecule has 8 nitrogen and oxygen atoms in total. The average molecular weight is 465 g/mol. The molecule has 0 aliphatic rings. The molecule has 1 aromatic carbocycles. The van der Waals surface area contributed by atoms with E-state index in [9.17, 15) is 14.4 Å². The van der Waals surface area contributed by atoms with Gasteiger partial charge in [-0.05, 0) is 65.3 Å². The number of aromatic amines is 1. The minimum atomic E-state index is -0.579. The number of H-pyrrole nitrogens is 1. The average Bonchev–Trinajstić information content (AvgIpc) is 2.98. The van der Waals surface area contributed by atoms with E-state index >= 15 is 0 Å². The lowest BCUT2D eigenvalue weighted by Gasteiger charge is -2.19. The second-order valence-electron chi connectivity index (χ2n) is 8.10. The van der Waals surface area contributed by atoms with Crippen LogP contribution in [0.2, 0.25) is 5.02 Å². The lowest BCUT2D eigenvalue weighted by Crippen LogP contribution is -2.34. The third-order valence-corrected chi connectivity index (χ3v) is 4.66. The quantitative estimate of drug-likeness (QED) is 0.336. The number of hydrogen-bond acceptors (Lipinski definition) is 6. The summed E-state index contributed by atoms with van der Waals surface area (Å²) in [5.41, 5.74) is 1.53. The molecule has 2 rings (SSSR count). The Bertz CT molecular complexity index is 1010. The highest BCUT2D eigenvalue weighted by Crippen LogP contribution is 2.28. The molecule has 2 N–H and O–H groups in total. The Labute approximate surface area is 192 Å². The predicted molar refractivity (Wildman–Crippen MR) is 121 cm³/mol. The fourth-order valence-corrected chi connectivity index (χ4v) is 3.26. The number of esters is 1. The van der Waals surface area contributed by atoms with Gasteiger partial charge in [0.2, 0.25) is 0 Å². The van der Waals surface area contributed by atoms with E-state index in [1.807, 2.05) is 0 Å². The van der Waals surface area contributed by atoms with Crippen LogP contribution in [-0.4, -0.2) is 48.2 Å². The number of aryl methyl sites for hydroxylation is 1. The monoisotopic (exact) mass is 464 g/mol. The van der Waals surface area contributed by atoms with E-state index in [1.165, 1.54) is 6.07 Å². The van der Waals surface area contributed by atoms with Crippen LogP contribution in [0, 0.1) is 13.8 Å². The molecular formula is C23H29ClN2O6. The van der Waals surface area contributed by atoms with Crippen LogP contribution in [0.25, 0.3) is 0 Å². The zero-order valence-corrected chi connectivity index (χ0v) is 19.9. The SMILES string of the molecule is CCOC(=O)c1[nH]c(C)c(C(=O)c2ccc(OCCNC(=O)OC(C)(C)C)c(Cl)c2)c1C. The molecule has 0 radical (unpaired) electrons. The molecule has 0 spiro atoms. The number of carbonyl (C=O) groups is 3. The number of ether oxygens (including phenoxy) is 3. The Morgan fingerprint density at radius 3 is 2.44 bits per heavy atom. The van der Waals surface area contributed by atoms with Crippen molar-refractivity contribution in [2.75, 3.05) is 19.8 Å². The van der Waals surface area contributed by atoms with Gasteiger partial charge in [-0.2, -0.15) is 0 Å². The molecule has 1 amide bonds. The fourth-order valence-electron chi connectivity index (χ4n) is 3.03. The van der Waals surface area contributed by atoms with Crippen LogP contribution in [0.15, 0.2) is 18.2 Å². The lowest BCUT2D eigenvalue weighted by molar-refractivity contribution is 0.0509. The molecule has 0 aliphatic carbocycles. The van der Waals surface area contributed by atoms with E-state index in [0.717, 1.165) is 0 Å². The van der Waals surface area contributed by atoms with Gasteiger partial charge < -0.3 is 24.5 Å². The number of nitrogens with one attached hydrogen (secondary N) is 2. The van der Waals surface area contributed by atoms with Crippen LogP contribution in [0.5, 0.6) is 5.75 Å². The highest BCUT2D eigenvalue weighted by atomic mass is 35.5. The van der Waals surface area contributed by atoms with Crippen molar-refractivity contribution >= 4 is 29.4 Å². The van der Waals surface area contributed by atoms with Gasteiger partial charge >= 0.3 is 12.1 Å². The molecular weight excluding hydrogens is 436 g/mol. The molecule has 0 saturated heterocycles. The van der Waals surface area contributed by atoms with Gasteiger partial charge in [-0.25, -0.2) is 9.59 Å². The van der Waals surface area contributed by atoms with E-state index in [0.29, 0.717) is 28.1 Å². The van der Waals surface area contributed by atoms with Crippen LogP contribution >= 0.6 is 11.6 Å². The third-order valence-electron chi connectivity index (χ3n) is 4.37. The van der Waals surface area contributed by atoms with Gasteiger partial charge in [-0.15, -0.1) is 0 Å². The van der Waals surface area contributed by atoms with Crippen molar-refractivity contribution in [2.45, 2.75) is 47.1 Å². The first-order valence-corrected chi connectivity index (χ1v) is 10.6. The van der Waals surface area contributed by atoms with Crippen molar-refractivity contribution in [2.24, 2.45) is 0 Å². The fraction of sp³-hybridized carbons (Fsp3) is 0.435. The molecule has 174 valence electrons. The summed E-state index contributed by atoms with van der Waals surface area (Å²) in [6.45, 7) is 11.1. The molecule has 1 heterocycles. The molecule has 2 aromatic rings. The number of benzene rings is 1. The van der Waals surface area contributed by atoms with Crippen LogP contribution in [0.1, 0.15) is 65.4 Å². The van der Waals surface area contributed by atoms with Crippen molar-refractivity contribution in [3.63, 3.8) is 0 Å². The summed E-state index contributed by atoms with van der Waals surface area (Å²) in [5.74, 6) is -0.398. The normalized spacial score (nSPS) is 11.1. The highest BCUT2D eigenvalue weighted by Gasteiger charge is 2.24. The molecule has 9 heteroatoms. The summed E-state index contributed by atoms with van der Waals surface area (Å²) in [5, 5.41) is 2.84. The van der Waals surface area contributed by atoms with Crippen LogP contribution < -0.4 is 10.1 Å². The standard InChI is InChI=1S/C23H29ClN2O6/c1-7-30-21(28)19-13(2)18(14(3)26-19)20(27)15-8-9-17(16(24)12-15)31-11-10-25-22(29)32-23(4,5)6/h8-9,12,26H,7,10-11H2,1-6H3,(H,25,29). The van der Waals surface area contributed by atoms with Crippen LogP contribution in [-0.2, 0) is 9.47 Å². The minimum absolute atomic E-state index is 0.172. The van der Waals surface area contributed by atoms with Gasteiger partial charge in [0, 0.05) is 16.8 Å². The predicted octanol–water partition coefficient (Wildman–Crippen LogP) is 4.60. The summed E-state index contributed by atoms with van der Waals surface area (Å²) < 4.78 is 15.8. The molecule has 0 unspecified atom stereocenters. The van der Waals surface area contributed by atoms with Crippen LogP contribution in [0.4, 0.5) is 4.79 Å². The number of aromatic nitrogens is 1. The maximum Gasteiger partial charge on any atom is 0.407 e. The zero-order valence-electron chi connectivity index (χ0n) is 19.2. The van der Waals surface area contributed by atoms with E-state index < -0.39 is 17.7 Å². The Kier molecular flexibility index (Phi) is 8.32. The first kappa shape index (κ1) is 25.3. The number of halogens is 1. The van der Waals surface area contributed by atoms with Crippen molar-refractivity contribution in [1.82, 2.24) is 10.3 Å². The van der Waals surface area contributed by atoms with Gasteiger partial charge in [-0.1, -0.05) is 11.6 Å². The molecule has 0 fully saturated rings. The van der Waals surface area contributed by atoms with Crippen molar-refractivity contribution in [1.29, 1.82) is 0 Å². The zero-order chi connectivity index (χ0) is 24.1. The van der Waals surface area contributed by atoms with Crippen molar-refractivity contribution < 1.29 is 28.6 Å². The maximum atomic E-state index is 13.1. The second kappa shape index (κ2) is 10.5. The summed E-state index contributed by atoms with van der Waals surface area (Å²) in [7, 11) is 0. The van der Waals surface area contributed by atoms with Gasteiger partial charge in [0.1, 0.15) is 23.7 Å². The van der Waals surface area contributed by atoms with E-state index in [4.69, 9.17) is 25.8 Å². The number of amides is 1. The highest BCUT2D eigenvalue weighted by molar-refractivity contribution is 6.32. The summed E-state index contributed by atoms with van der Waals surface area (Å²) in [6, 6.07) is 4.70. The molecule has 0 aliphatic heterocycles. The number of alkyl carbamates (subject to hydrolysis) is 1. The third kappa shape index (κ3) is 6.50. The number of hydrogen-bond donors (Lipinski definition) is 2. The van der Waals surface area contributed by atoms with E-state index in [-0.39, 0.29) is 36.3 Å². The van der Waals surface area contributed by atoms with Gasteiger partial charge in [0.05, 0.1) is 18.2 Å². The van der Waals surface area contributed by atoms with Crippen LogP contribution in [0.3, 0.4) is 0 Å². The molecule has 1 aromatic heterocycles. The smallest absolute Gasteiger partial charge is 0.407 e. The second-order valence-corrected chi connectivity index (χ2v) is 8.50. The Hall–Kier alpha value is -3.00.